The maximum absolute atomic E-state index is 5.05. The summed E-state index contributed by atoms with van der Waals surface area (Å²) < 4.78 is 5.05. The summed E-state index contributed by atoms with van der Waals surface area (Å²) >= 11 is 0. The van der Waals surface area contributed by atoms with Crippen molar-refractivity contribution in [3.8, 4) is 5.75 Å². The van der Waals surface area contributed by atoms with Gasteiger partial charge >= 0.3 is 0 Å². The molecule has 1 aromatic carbocycles. The molecule has 2 aromatic rings. The maximum Gasteiger partial charge on any atom is 0.0850 e. The summed E-state index contributed by atoms with van der Waals surface area (Å²) in [4.78, 5) is 4.05. The van der Waals surface area contributed by atoms with Crippen molar-refractivity contribution in [2.45, 2.75) is 0 Å². The van der Waals surface area contributed by atoms with Crippen molar-refractivity contribution in [2.75, 3.05) is 7.11 Å². The molecule has 0 N–H and O–H groups in total. The van der Waals surface area contributed by atoms with E-state index in [2.05, 4.69) is 17.2 Å². The molecule has 0 unspecified atom stereocenters. The number of hydrogen-bond acceptors (Lipinski definition) is 2. The second-order valence-corrected chi connectivity index (χ2v) is 2.41. The Bertz CT molecular complexity index is 408. The number of hydrogen-bond donors (Lipinski definition) is 0. The molecule has 71 valence electrons. The van der Waals surface area contributed by atoms with Crippen LogP contribution in [-0.2, 0) is 39.6 Å². The summed E-state index contributed by atoms with van der Waals surface area (Å²) in [6, 6.07) is 10.4. The van der Waals surface area contributed by atoms with Crippen LogP contribution in [0.5, 0.6) is 5.75 Å². The number of rotatable bonds is 1. The summed E-state index contributed by atoms with van der Waals surface area (Å²) in [6.07, 6.45) is 2.73. The molecule has 2 rings (SSSR count). The first-order chi connectivity index (χ1) is 5.90. The number of nitrogens with zero attached hydrogens (tertiary/aromatic N) is 1. The summed E-state index contributed by atoms with van der Waals surface area (Å²) in [7, 11) is 1.64. The first-order valence-electron chi connectivity index (χ1n) is 3.62. The van der Waals surface area contributed by atoms with Gasteiger partial charge in [0.25, 0.3) is 0 Å². The Balaban J connectivity index is 0.000000845. The van der Waals surface area contributed by atoms with Crippen molar-refractivity contribution in [3.05, 3.63) is 36.5 Å². The summed E-state index contributed by atoms with van der Waals surface area (Å²) in [6.45, 7) is 0. The molecule has 1 radical (unpaired) electrons. The fourth-order valence-electron chi connectivity index (χ4n) is 1.06. The van der Waals surface area contributed by atoms with E-state index in [1.54, 1.807) is 13.2 Å². The molecule has 0 fully saturated rings. The van der Waals surface area contributed by atoms with Gasteiger partial charge in [-0.2, -0.15) is 6.20 Å². The molecule has 0 spiro atoms. The Morgan fingerprint density at radius 2 is 2.14 bits per heavy atom. The van der Waals surface area contributed by atoms with Crippen molar-refractivity contribution >= 4 is 10.9 Å². The van der Waals surface area contributed by atoms with Crippen LogP contribution in [0.3, 0.4) is 0 Å². The molecule has 0 saturated heterocycles. The molecule has 0 aliphatic carbocycles. The largest absolute Gasteiger partial charge is 0.500 e. The van der Waals surface area contributed by atoms with Crippen LogP contribution < -0.4 is 4.74 Å². The molecule has 0 amide bonds. The Hall–Kier alpha value is -0.297. The third kappa shape index (κ3) is 2.85. The van der Waals surface area contributed by atoms with E-state index in [1.165, 1.54) is 0 Å². The SMILES string of the molecule is COc1ccc2[c-]c[c-]nc2c1.[V].[W]. The van der Waals surface area contributed by atoms with Gasteiger partial charge in [-0.25, -0.2) is 12.1 Å². The maximum atomic E-state index is 5.05. The van der Waals surface area contributed by atoms with Crippen molar-refractivity contribution in [1.82, 2.24) is 4.98 Å². The van der Waals surface area contributed by atoms with Gasteiger partial charge in [0.15, 0.2) is 0 Å². The zero-order chi connectivity index (χ0) is 8.39. The van der Waals surface area contributed by atoms with Gasteiger partial charge in [-0.3, -0.25) is 11.5 Å². The second kappa shape index (κ2) is 6.24. The second-order valence-electron chi connectivity index (χ2n) is 2.41. The first kappa shape index (κ1) is 13.7. The Morgan fingerprint density at radius 1 is 1.36 bits per heavy atom. The molecular formula is C10H7NOVW-2. The first-order valence-corrected chi connectivity index (χ1v) is 3.62. The van der Waals surface area contributed by atoms with Gasteiger partial charge in [0.05, 0.1) is 12.9 Å². The van der Waals surface area contributed by atoms with Crippen molar-refractivity contribution < 1.29 is 44.4 Å². The Kier molecular flexibility index (Phi) is 6.10. The fraction of sp³-hybridized carbons (Fsp3) is 0.100. The van der Waals surface area contributed by atoms with Gasteiger partial charge in [0.1, 0.15) is 0 Å². The van der Waals surface area contributed by atoms with Crippen molar-refractivity contribution in [2.24, 2.45) is 0 Å². The molecule has 0 aliphatic rings. The molecule has 0 saturated carbocycles. The normalized spacial score (nSPS) is 8.64. The summed E-state index contributed by atoms with van der Waals surface area (Å²) in [5.41, 5.74) is 0.858. The minimum atomic E-state index is 0. The minimum absolute atomic E-state index is 0. The third-order valence-electron chi connectivity index (χ3n) is 1.68. The van der Waals surface area contributed by atoms with Crippen molar-refractivity contribution in [3.63, 3.8) is 0 Å². The summed E-state index contributed by atoms with van der Waals surface area (Å²) in [5.74, 6) is 0.808. The zero-order valence-corrected chi connectivity index (χ0v) is 11.9. The Morgan fingerprint density at radius 3 is 2.86 bits per heavy atom. The van der Waals surface area contributed by atoms with Crippen molar-refractivity contribution in [1.29, 1.82) is 0 Å². The minimum Gasteiger partial charge on any atom is -0.500 e. The van der Waals surface area contributed by atoms with Crippen LogP contribution in [-0.4, -0.2) is 12.1 Å². The molecule has 0 aliphatic heterocycles. The topological polar surface area (TPSA) is 22.1 Å². The van der Waals surface area contributed by atoms with E-state index in [4.69, 9.17) is 4.74 Å². The molecule has 2 nitrogen and oxygen atoms in total. The molecular weight excluding hydrogens is 385 g/mol. The van der Waals surface area contributed by atoms with E-state index in [1.807, 2.05) is 18.2 Å². The van der Waals surface area contributed by atoms with Crippen LogP contribution >= 0.6 is 0 Å². The van der Waals surface area contributed by atoms with E-state index < -0.39 is 0 Å². The van der Waals surface area contributed by atoms with E-state index in [0.717, 1.165) is 16.7 Å². The monoisotopic (exact) mass is 392 g/mol. The average molecular weight is 392 g/mol. The molecule has 1 aromatic heterocycles. The number of benzene rings is 1. The summed E-state index contributed by atoms with van der Waals surface area (Å²) in [5, 5.41) is 0.981. The molecule has 0 atom stereocenters. The number of pyridine rings is 1. The van der Waals surface area contributed by atoms with Gasteiger partial charge in [-0.1, -0.05) is 6.07 Å². The fourth-order valence-corrected chi connectivity index (χ4v) is 1.06. The number of fused-ring (bicyclic) bond motifs is 1. The smallest absolute Gasteiger partial charge is 0.0850 e. The van der Waals surface area contributed by atoms with Crippen LogP contribution in [0, 0.1) is 12.3 Å². The van der Waals surface area contributed by atoms with Gasteiger partial charge in [-0.15, -0.1) is 11.6 Å². The van der Waals surface area contributed by atoms with Gasteiger partial charge < -0.3 is 9.72 Å². The standard InChI is InChI=1S/C10H7NO.V.W/c1-12-9-5-4-8-3-2-6-11-10(8)7-9;;/h2,4-5,7H,1H3;;/q-2;;. The van der Waals surface area contributed by atoms with E-state index in [-0.39, 0.29) is 39.6 Å². The number of methoxy groups -OCH3 is 1. The van der Waals surface area contributed by atoms with E-state index in [9.17, 15) is 0 Å². The molecule has 1 heterocycles. The van der Waals surface area contributed by atoms with Crippen LogP contribution in [0.2, 0.25) is 0 Å². The van der Waals surface area contributed by atoms with Crippen LogP contribution in [0.4, 0.5) is 0 Å². The van der Waals surface area contributed by atoms with Gasteiger partial charge in [0, 0.05) is 39.6 Å². The average Bonchev–Trinajstić information content (AvgIpc) is 2.17. The Labute approximate surface area is 109 Å². The number of aromatic nitrogens is 1. The van der Waals surface area contributed by atoms with Gasteiger partial charge in [0.2, 0.25) is 0 Å². The van der Waals surface area contributed by atoms with E-state index >= 15 is 0 Å². The third-order valence-corrected chi connectivity index (χ3v) is 1.68. The molecule has 0 bridgehead atoms. The molecule has 14 heavy (non-hydrogen) atoms. The van der Waals surface area contributed by atoms with Crippen LogP contribution in [0.15, 0.2) is 24.3 Å². The molecule has 4 heteroatoms. The number of ether oxygens (including phenoxy) is 1. The predicted molar refractivity (Wildman–Crippen MR) is 46.0 cm³/mol. The quantitative estimate of drug-likeness (QED) is 0.692. The van der Waals surface area contributed by atoms with Gasteiger partial charge in [-0.05, 0) is 0 Å². The zero-order valence-electron chi connectivity index (χ0n) is 7.52. The van der Waals surface area contributed by atoms with Crippen LogP contribution in [0.25, 0.3) is 10.9 Å². The van der Waals surface area contributed by atoms with E-state index in [0.29, 0.717) is 0 Å². The van der Waals surface area contributed by atoms with Crippen LogP contribution in [0.1, 0.15) is 0 Å². The predicted octanol–water partition coefficient (Wildman–Crippen LogP) is 1.84.